The summed E-state index contributed by atoms with van der Waals surface area (Å²) in [5, 5.41) is 5.20. The van der Waals surface area contributed by atoms with Gasteiger partial charge in [0.15, 0.2) is 0 Å². The quantitative estimate of drug-likeness (QED) is 0.879. The number of nitrogens with zero attached hydrogens (tertiary/aromatic N) is 1. The van der Waals surface area contributed by atoms with E-state index in [2.05, 4.69) is 24.1 Å². The minimum absolute atomic E-state index is 0.442. The summed E-state index contributed by atoms with van der Waals surface area (Å²) in [6.45, 7) is 5.89. The van der Waals surface area contributed by atoms with Crippen molar-refractivity contribution in [2.24, 2.45) is 17.6 Å². The maximum absolute atomic E-state index is 6.14. The van der Waals surface area contributed by atoms with Gasteiger partial charge in [0.05, 0.1) is 11.2 Å². The van der Waals surface area contributed by atoms with Gasteiger partial charge in [-0.25, -0.2) is 0 Å². The average molecular weight is 278 g/mol. The van der Waals surface area contributed by atoms with Gasteiger partial charge in [-0.05, 0) is 36.6 Å². The molecule has 0 fully saturated rings. The van der Waals surface area contributed by atoms with Crippen molar-refractivity contribution in [1.82, 2.24) is 4.98 Å². The first-order valence-corrected chi connectivity index (χ1v) is 6.98. The van der Waals surface area contributed by atoms with E-state index in [-0.39, 0.29) is 0 Å². The predicted octanol–water partition coefficient (Wildman–Crippen LogP) is 3.53. The zero-order valence-electron chi connectivity index (χ0n) is 11.4. The molecular weight excluding hydrogens is 258 g/mol. The molecule has 0 aliphatic carbocycles. The summed E-state index contributed by atoms with van der Waals surface area (Å²) in [5.41, 5.74) is 7.72. The van der Waals surface area contributed by atoms with E-state index in [9.17, 15) is 0 Å². The topological polar surface area (TPSA) is 50.9 Å². The van der Waals surface area contributed by atoms with Crippen LogP contribution in [-0.2, 0) is 0 Å². The highest BCUT2D eigenvalue weighted by Crippen LogP contribution is 2.26. The third kappa shape index (κ3) is 3.37. The largest absolute Gasteiger partial charge is 0.383 e. The number of fused-ring (bicyclic) bond motifs is 1. The Balaban J connectivity index is 2.25. The number of halogens is 1. The Morgan fingerprint density at radius 2 is 2.16 bits per heavy atom. The standard InChI is InChI=1S/C15H20ClN3/c1-10(2)12(8-17)9-19-14-7-13(16)6-11-4-3-5-18-15(11)14/h3-7,10,12,19H,8-9,17H2,1-2H3. The number of hydrogen-bond acceptors (Lipinski definition) is 3. The third-order valence-electron chi connectivity index (χ3n) is 3.47. The van der Waals surface area contributed by atoms with Gasteiger partial charge in [0.25, 0.3) is 0 Å². The molecule has 4 heteroatoms. The van der Waals surface area contributed by atoms with E-state index in [0.717, 1.165) is 28.2 Å². The van der Waals surface area contributed by atoms with Crippen molar-refractivity contribution in [1.29, 1.82) is 0 Å². The van der Waals surface area contributed by atoms with Crippen molar-refractivity contribution < 1.29 is 0 Å². The van der Waals surface area contributed by atoms with Crippen LogP contribution in [-0.4, -0.2) is 18.1 Å². The number of hydrogen-bond donors (Lipinski definition) is 2. The Bertz CT molecular complexity index is 554. The van der Waals surface area contributed by atoms with Crippen LogP contribution in [0, 0.1) is 11.8 Å². The highest BCUT2D eigenvalue weighted by atomic mass is 35.5. The number of nitrogens with two attached hydrogens (primary N) is 1. The van der Waals surface area contributed by atoms with Crippen LogP contribution < -0.4 is 11.1 Å². The van der Waals surface area contributed by atoms with Gasteiger partial charge in [-0.2, -0.15) is 0 Å². The molecule has 0 amide bonds. The molecule has 3 nitrogen and oxygen atoms in total. The van der Waals surface area contributed by atoms with E-state index in [4.69, 9.17) is 17.3 Å². The Morgan fingerprint density at radius 1 is 1.37 bits per heavy atom. The molecule has 0 radical (unpaired) electrons. The molecule has 19 heavy (non-hydrogen) atoms. The maximum Gasteiger partial charge on any atom is 0.0934 e. The molecule has 0 saturated heterocycles. The van der Waals surface area contributed by atoms with Crippen molar-refractivity contribution in [3.8, 4) is 0 Å². The molecule has 1 heterocycles. The molecule has 0 bridgehead atoms. The van der Waals surface area contributed by atoms with Gasteiger partial charge in [-0.15, -0.1) is 0 Å². The fraction of sp³-hybridized carbons (Fsp3) is 0.400. The smallest absolute Gasteiger partial charge is 0.0934 e. The number of nitrogens with one attached hydrogen (secondary N) is 1. The van der Waals surface area contributed by atoms with E-state index in [1.165, 1.54) is 0 Å². The first-order chi connectivity index (χ1) is 9.11. The summed E-state index contributed by atoms with van der Waals surface area (Å²) in [4.78, 5) is 4.42. The van der Waals surface area contributed by atoms with Gasteiger partial charge >= 0.3 is 0 Å². The molecular formula is C15H20ClN3. The predicted molar refractivity (Wildman–Crippen MR) is 82.6 cm³/mol. The van der Waals surface area contributed by atoms with Crippen molar-refractivity contribution in [2.45, 2.75) is 13.8 Å². The summed E-state index contributed by atoms with van der Waals surface area (Å²) >= 11 is 6.14. The maximum atomic E-state index is 6.14. The van der Waals surface area contributed by atoms with Crippen LogP contribution in [0.1, 0.15) is 13.8 Å². The Labute approximate surface area is 119 Å². The van der Waals surface area contributed by atoms with Crippen LogP contribution in [0.4, 0.5) is 5.69 Å². The van der Waals surface area contributed by atoms with Gasteiger partial charge < -0.3 is 11.1 Å². The van der Waals surface area contributed by atoms with E-state index >= 15 is 0 Å². The zero-order chi connectivity index (χ0) is 13.8. The van der Waals surface area contributed by atoms with Crippen molar-refractivity contribution >= 4 is 28.2 Å². The molecule has 0 aliphatic rings. The zero-order valence-corrected chi connectivity index (χ0v) is 12.1. The van der Waals surface area contributed by atoms with E-state index in [0.29, 0.717) is 18.4 Å². The lowest BCUT2D eigenvalue weighted by atomic mass is 9.96. The van der Waals surface area contributed by atoms with Crippen LogP contribution in [0.25, 0.3) is 10.9 Å². The van der Waals surface area contributed by atoms with Crippen LogP contribution in [0.15, 0.2) is 30.5 Å². The Kier molecular flexibility index (Phi) is 4.61. The van der Waals surface area contributed by atoms with Crippen LogP contribution in [0.5, 0.6) is 0 Å². The van der Waals surface area contributed by atoms with Gasteiger partial charge in [0.1, 0.15) is 0 Å². The van der Waals surface area contributed by atoms with Crippen LogP contribution in [0.3, 0.4) is 0 Å². The Hall–Kier alpha value is -1.32. The first-order valence-electron chi connectivity index (χ1n) is 6.60. The highest BCUT2D eigenvalue weighted by Gasteiger charge is 2.12. The summed E-state index contributed by atoms with van der Waals surface area (Å²) in [6.07, 6.45) is 1.80. The fourth-order valence-corrected chi connectivity index (χ4v) is 2.35. The number of benzene rings is 1. The molecule has 1 atom stereocenters. The summed E-state index contributed by atoms with van der Waals surface area (Å²) < 4.78 is 0. The average Bonchev–Trinajstić information content (AvgIpc) is 2.38. The molecule has 0 spiro atoms. The molecule has 3 N–H and O–H groups in total. The molecule has 102 valence electrons. The second-order valence-electron chi connectivity index (χ2n) is 5.15. The summed E-state index contributed by atoms with van der Waals surface area (Å²) in [6, 6.07) is 7.78. The second kappa shape index (κ2) is 6.22. The lowest BCUT2D eigenvalue weighted by molar-refractivity contribution is 0.413. The molecule has 1 unspecified atom stereocenters. The number of aromatic nitrogens is 1. The highest BCUT2D eigenvalue weighted by molar-refractivity contribution is 6.31. The van der Waals surface area contributed by atoms with E-state index in [1.807, 2.05) is 24.3 Å². The molecule has 2 aromatic rings. The van der Waals surface area contributed by atoms with E-state index < -0.39 is 0 Å². The third-order valence-corrected chi connectivity index (χ3v) is 3.69. The SMILES string of the molecule is CC(C)C(CN)CNc1cc(Cl)cc2cccnc12. The van der Waals surface area contributed by atoms with Crippen molar-refractivity contribution in [3.63, 3.8) is 0 Å². The van der Waals surface area contributed by atoms with Crippen LogP contribution in [0.2, 0.25) is 5.02 Å². The van der Waals surface area contributed by atoms with Gasteiger partial charge in [-0.1, -0.05) is 31.5 Å². The van der Waals surface area contributed by atoms with Gasteiger partial charge in [-0.3, -0.25) is 4.98 Å². The van der Waals surface area contributed by atoms with Crippen LogP contribution >= 0.6 is 11.6 Å². The van der Waals surface area contributed by atoms with Crippen molar-refractivity contribution in [3.05, 3.63) is 35.5 Å². The number of rotatable bonds is 5. The lowest BCUT2D eigenvalue weighted by Gasteiger charge is -2.20. The first kappa shape index (κ1) is 14.1. The fourth-order valence-electron chi connectivity index (χ4n) is 2.12. The monoisotopic (exact) mass is 277 g/mol. The van der Waals surface area contributed by atoms with Crippen molar-refractivity contribution in [2.75, 3.05) is 18.4 Å². The summed E-state index contributed by atoms with van der Waals surface area (Å²) in [7, 11) is 0. The minimum Gasteiger partial charge on any atom is -0.383 e. The lowest BCUT2D eigenvalue weighted by Crippen LogP contribution is -2.27. The van der Waals surface area contributed by atoms with Gasteiger partial charge in [0.2, 0.25) is 0 Å². The second-order valence-corrected chi connectivity index (χ2v) is 5.59. The minimum atomic E-state index is 0.442. The Morgan fingerprint density at radius 3 is 2.84 bits per heavy atom. The number of anilines is 1. The van der Waals surface area contributed by atoms with Gasteiger partial charge in [0, 0.05) is 23.2 Å². The van der Waals surface area contributed by atoms with E-state index in [1.54, 1.807) is 6.20 Å². The molecule has 1 aromatic heterocycles. The number of pyridine rings is 1. The molecule has 2 rings (SSSR count). The molecule has 0 aliphatic heterocycles. The molecule has 0 saturated carbocycles. The normalized spacial score (nSPS) is 12.9. The molecule has 1 aromatic carbocycles. The summed E-state index contributed by atoms with van der Waals surface area (Å²) in [5.74, 6) is 0.994.